The van der Waals surface area contributed by atoms with Crippen LogP contribution in [0.5, 0.6) is 0 Å². The molecule has 0 aliphatic rings. The van der Waals surface area contributed by atoms with E-state index in [4.69, 9.17) is 0 Å². The Bertz CT molecular complexity index is 1720. The maximum Gasteiger partial charge on any atom is 0.102 e. The Kier molecular flexibility index (Phi) is 4.65. The zero-order valence-electron chi connectivity index (χ0n) is 16.2. The lowest BCUT2D eigenvalue weighted by Crippen LogP contribution is -2.01. The van der Waals surface area contributed by atoms with E-state index in [9.17, 15) is 31.6 Å². The van der Waals surface area contributed by atoms with Crippen LogP contribution in [0.4, 0.5) is 0 Å². The van der Waals surface area contributed by atoms with E-state index in [1.165, 1.54) is 6.07 Å². The van der Waals surface area contributed by atoms with Gasteiger partial charge in [-0.2, -0.15) is 31.6 Å². The van der Waals surface area contributed by atoms with Crippen molar-refractivity contribution in [3.8, 4) is 47.7 Å². The van der Waals surface area contributed by atoms with Gasteiger partial charge in [0.15, 0.2) is 0 Å². The fourth-order valence-corrected chi connectivity index (χ4v) is 3.90. The summed E-state index contributed by atoms with van der Waals surface area (Å²) in [4.78, 5) is 4.32. The molecule has 0 saturated heterocycles. The van der Waals surface area contributed by atoms with E-state index in [1.54, 1.807) is 36.5 Å². The van der Waals surface area contributed by atoms with Crippen molar-refractivity contribution in [1.82, 2.24) is 4.98 Å². The largest absolute Gasteiger partial charge is 0.256 e. The van der Waals surface area contributed by atoms with Gasteiger partial charge in [0, 0.05) is 22.5 Å². The predicted molar refractivity (Wildman–Crippen MR) is 113 cm³/mol. The van der Waals surface area contributed by atoms with Gasteiger partial charge >= 0.3 is 0 Å². The molecule has 7 heteroatoms. The van der Waals surface area contributed by atoms with Gasteiger partial charge in [0.1, 0.15) is 36.4 Å². The van der Waals surface area contributed by atoms with Crippen molar-refractivity contribution in [3.63, 3.8) is 0 Å². The first kappa shape index (κ1) is 19.6. The number of nitriles is 6. The summed E-state index contributed by atoms with van der Waals surface area (Å²) in [6, 6.07) is 21.7. The number of aromatic nitrogens is 1. The molecule has 142 valence electrons. The van der Waals surface area contributed by atoms with E-state index in [1.807, 2.05) is 36.4 Å². The van der Waals surface area contributed by atoms with Crippen LogP contribution in [0.1, 0.15) is 33.4 Å². The summed E-state index contributed by atoms with van der Waals surface area (Å²) >= 11 is 0. The number of fused-ring (bicyclic) bond motifs is 3. The van der Waals surface area contributed by atoms with Crippen LogP contribution in [0.15, 0.2) is 42.6 Å². The molecule has 1 heterocycles. The summed E-state index contributed by atoms with van der Waals surface area (Å²) < 4.78 is 0. The highest BCUT2D eigenvalue weighted by Crippen LogP contribution is 2.41. The van der Waals surface area contributed by atoms with Gasteiger partial charge in [-0.25, -0.2) is 0 Å². The van der Waals surface area contributed by atoms with Crippen LogP contribution < -0.4 is 0 Å². The molecule has 0 unspecified atom stereocenters. The Morgan fingerprint density at radius 3 is 1.81 bits per heavy atom. The van der Waals surface area contributed by atoms with Crippen LogP contribution >= 0.6 is 0 Å². The molecule has 4 rings (SSSR count). The van der Waals surface area contributed by atoms with Gasteiger partial charge in [0.05, 0.1) is 39.1 Å². The van der Waals surface area contributed by atoms with E-state index in [0.717, 1.165) is 0 Å². The van der Waals surface area contributed by atoms with Crippen LogP contribution in [-0.2, 0) is 0 Å². The maximum absolute atomic E-state index is 9.95. The van der Waals surface area contributed by atoms with Gasteiger partial charge in [0.25, 0.3) is 0 Å². The SMILES string of the molecule is N#Cc1cc2ccc3c(-c4ccccn4)c(C#N)c(C#N)c(C#N)c3c2c(C#N)c1C#N. The highest BCUT2D eigenvalue weighted by Gasteiger charge is 2.25. The molecule has 0 N–H and O–H groups in total. The van der Waals surface area contributed by atoms with Crippen molar-refractivity contribution in [2.75, 3.05) is 0 Å². The third kappa shape index (κ3) is 2.59. The zero-order chi connectivity index (χ0) is 22.8. The summed E-state index contributed by atoms with van der Waals surface area (Å²) in [6.07, 6.45) is 1.54. The Hall–Kier alpha value is -5.73. The summed E-state index contributed by atoms with van der Waals surface area (Å²) in [5.41, 5.74) is 0.423. The monoisotopic (exact) mass is 405 g/mol. The van der Waals surface area contributed by atoms with Crippen molar-refractivity contribution in [3.05, 3.63) is 76.0 Å². The van der Waals surface area contributed by atoms with Crippen molar-refractivity contribution in [2.45, 2.75) is 0 Å². The van der Waals surface area contributed by atoms with Gasteiger partial charge in [0.2, 0.25) is 0 Å². The molecule has 0 fully saturated rings. The van der Waals surface area contributed by atoms with Gasteiger partial charge < -0.3 is 0 Å². The first-order valence-electron chi connectivity index (χ1n) is 9.10. The van der Waals surface area contributed by atoms with Crippen molar-refractivity contribution < 1.29 is 0 Å². The number of hydrogen-bond acceptors (Lipinski definition) is 7. The average molecular weight is 405 g/mol. The minimum Gasteiger partial charge on any atom is -0.256 e. The van der Waals surface area contributed by atoms with Crippen LogP contribution in [0.2, 0.25) is 0 Å². The van der Waals surface area contributed by atoms with Crippen LogP contribution in [0.3, 0.4) is 0 Å². The van der Waals surface area contributed by atoms with Crippen LogP contribution in [-0.4, -0.2) is 4.98 Å². The molecule has 0 aliphatic carbocycles. The Balaban J connectivity index is 2.45. The fraction of sp³-hybridized carbons (Fsp3) is 0. The topological polar surface area (TPSA) is 156 Å². The zero-order valence-corrected chi connectivity index (χ0v) is 16.2. The lowest BCUT2D eigenvalue weighted by Gasteiger charge is -2.16. The fourth-order valence-electron chi connectivity index (χ4n) is 3.90. The predicted octanol–water partition coefficient (Wildman–Crippen LogP) is 4.29. The van der Waals surface area contributed by atoms with Gasteiger partial charge in [-0.1, -0.05) is 18.2 Å². The number of benzene rings is 3. The van der Waals surface area contributed by atoms with Crippen molar-refractivity contribution in [1.29, 1.82) is 31.6 Å². The van der Waals surface area contributed by atoms with Gasteiger partial charge in [-0.05, 0) is 29.0 Å². The molecule has 0 aliphatic heterocycles. The summed E-state index contributed by atoms with van der Waals surface area (Å²) in [6.45, 7) is 0. The number of pyridine rings is 1. The van der Waals surface area contributed by atoms with Crippen LogP contribution in [0.25, 0.3) is 32.8 Å². The van der Waals surface area contributed by atoms with Gasteiger partial charge in [-0.3, -0.25) is 4.98 Å². The molecule has 4 aromatic rings. The highest BCUT2D eigenvalue weighted by atomic mass is 14.7. The molecule has 0 atom stereocenters. The summed E-state index contributed by atoms with van der Waals surface area (Å²) in [5.74, 6) is 0. The minimum absolute atomic E-state index is 0.00209. The third-order valence-corrected chi connectivity index (χ3v) is 5.18. The third-order valence-electron chi connectivity index (χ3n) is 5.18. The van der Waals surface area contributed by atoms with E-state index in [0.29, 0.717) is 22.0 Å². The smallest absolute Gasteiger partial charge is 0.102 e. The van der Waals surface area contributed by atoms with E-state index in [-0.39, 0.29) is 44.2 Å². The first-order valence-corrected chi connectivity index (χ1v) is 9.10. The Labute approximate surface area is 182 Å². The van der Waals surface area contributed by atoms with Crippen molar-refractivity contribution >= 4 is 21.5 Å². The minimum atomic E-state index is -0.137. The number of hydrogen-bond donors (Lipinski definition) is 0. The lowest BCUT2D eigenvalue weighted by molar-refractivity contribution is 1.32. The lowest BCUT2D eigenvalue weighted by atomic mass is 9.84. The van der Waals surface area contributed by atoms with Gasteiger partial charge in [-0.15, -0.1) is 0 Å². The highest BCUT2D eigenvalue weighted by molar-refractivity contribution is 6.18. The molecule has 3 aromatic carbocycles. The summed E-state index contributed by atoms with van der Waals surface area (Å²) in [7, 11) is 0. The number of rotatable bonds is 1. The molecule has 0 saturated carbocycles. The van der Waals surface area contributed by atoms with E-state index < -0.39 is 0 Å². The molecule has 1 aromatic heterocycles. The molecule has 0 bridgehead atoms. The molecular formula is C25H7N7. The van der Waals surface area contributed by atoms with E-state index in [2.05, 4.69) is 4.98 Å². The second-order valence-electron chi connectivity index (χ2n) is 6.65. The molecule has 7 nitrogen and oxygen atoms in total. The summed E-state index contributed by atoms with van der Waals surface area (Å²) in [5, 5.41) is 60.0. The Morgan fingerprint density at radius 2 is 1.25 bits per heavy atom. The van der Waals surface area contributed by atoms with Crippen LogP contribution in [0, 0.1) is 68.0 Å². The van der Waals surface area contributed by atoms with E-state index >= 15 is 0 Å². The number of nitrogens with zero attached hydrogens (tertiary/aromatic N) is 7. The molecular weight excluding hydrogens is 398 g/mol. The average Bonchev–Trinajstić information content (AvgIpc) is 2.85. The normalized spacial score (nSPS) is 9.69. The standard InChI is InChI=1S/C25H7N7/c26-8-15-7-14-4-5-16-24(22-3-1-2-6-32-22)20(12-30)18(10-28)21(13-31)25(16)23(14)19(11-29)17(15)9-27/h1-7H. The molecule has 32 heavy (non-hydrogen) atoms. The second-order valence-corrected chi connectivity index (χ2v) is 6.65. The molecule has 0 radical (unpaired) electrons. The molecule has 0 amide bonds. The second kappa shape index (κ2) is 7.59. The molecule has 0 spiro atoms. The maximum atomic E-state index is 9.95. The van der Waals surface area contributed by atoms with Crippen molar-refractivity contribution in [2.24, 2.45) is 0 Å². The quantitative estimate of drug-likeness (QED) is 0.428. The Morgan fingerprint density at radius 1 is 0.594 bits per heavy atom. The first-order chi connectivity index (χ1) is 15.6.